The van der Waals surface area contributed by atoms with Crippen LogP contribution in [0.25, 0.3) is 0 Å². The Balaban J connectivity index is 1.66. The summed E-state index contributed by atoms with van der Waals surface area (Å²) in [5.41, 5.74) is 0. The van der Waals surface area contributed by atoms with Crippen molar-refractivity contribution < 1.29 is 19.0 Å². The molecule has 4 heteroatoms. The summed E-state index contributed by atoms with van der Waals surface area (Å²) >= 11 is 0. The van der Waals surface area contributed by atoms with Crippen molar-refractivity contribution in [2.75, 3.05) is 20.3 Å². The van der Waals surface area contributed by atoms with Crippen molar-refractivity contribution in [2.24, 2.45) is 11.8 Å². The molecule has 0 spiro atoms. The first-order valence-corrected chi connectivity index (χ1v) is 7.50. The van der Waals surface area contributed by atoms with Gasteiger partial charge in [-0.25, -0.2) is 0 Å². The zero-order valence-corrected chi connectivity index (χ0v) is 12.1. The first-order valence-electron chi connectivity index (χ1n) is 7.50. The molecule has 1 saturated heterocycles. The molecule has 110 valence electrons. The Morgan fingerprint density at radius 2 is 1.95 bits per heavy atom. The number of carbonyl (C=O) groups is 1. The summed E-state index contributed by atoms with van der Waals surface area (Å²) in [7, 11) is 1.78. The summed E-state index contributed by atoms with van der Waals surface area (Å²) in [4.78, 5) is 12.0. The number of hydrogen-bond donors (Lipinski definition) is 0. The van der Waals surface area contributed by atoms with Crippen molar-refractivity contribution >= 4 is 5.97 Å². The molecule has 0 N–H and O–H groups in total. The molecule has 0 aromatic rings. The minimum Gasteiger partial charge on any atom is -0.465 e. The molecule has 2 unspecified atom stereocenters. The predicted octanol–water partition coefficient (Wildman–Crippen LogP) is 2.55. The van der Waals surface area contributed by atoms with Crippen LogP contribution < -0.4 is 0 Å². The second kappa shape index (κ2) is 7.25. The Bertz CT molecular complexity index is 284. The molecule has 1 aliphatic carbocycles. The van der Waals surface area contributed by atoms with Gasteiger partial charge in [0, 0.05) is 13.7 Å². The molecule has 0 aromatic heterocycles. The second-order valence-electron chi connectivity index (χ2n) is 5.91. The molecular formula is C15H26O4. The minimum atomic E-state index is -0.0241. The van der Waals surface area contributed by atoms with E-state index in [1.165, 1.54) is 0 Å². The van der Waals surface area contributed by atoms with E-state index in [-0.39, 0.29) is 18.0 Å². The minimum absolute atomic E-state index is 0.0241. The van der Waals surface area contributed by atoms with Crippen LogP contribution in [0, 0.1) is 11.8 Å². The Morgan fingerprint density at radius 3 is 2.58 bits per heavy atom. The van der Waals surface area contributed by atoms with Crippen molar-refractivity contribution in [3.63, 3.8) is 0 Å². The van der Waals surface area contributed by atoms with Crippen LogP contribution in [0.15, 0.2) is 0 Å². The van der Waals surface area contributed by atoms with Gasteiger partial charge in [0.05, 0.1) is 24.7 Å². The van der Waals surface area contributed by atoms with Gasteiger partial charge in [0.1, 0.15) is 0 Å². The molecule has 1 saturated carbocycles. The zero-order valence-electron chi connectivity index (χ0n) is 12.1. The van der Waals surface area contributed by atoms with Gasteiger partial charge in [0.2, 0.25) is 0 Å². The van der Waals surface area contributed by atoms with Gasteiger partial charge in [-0.15, -0.1) is 0 Å². The Kier molecular flexibility index (Phi) is 5.64. The summed E-state index contributed by atoms with van der Waals surface area (Å²) < 4.78 is 16.3. The fraction of sp³-hybridized carbons (Fsp3) is 0.933. The summed E-state index contributed by atoms with van der Waals surface area (Å²) in [5.74, 6) is 0.538. The second-order valence-corrected chi connectivity index (χ2v) is 5.91. The molecular weight excluding hydrogens is 244 g/mol. The van der Waals surface area contributed by atoms with Crippen LogP contribution in [-0.4, -0.2) is 38.5 Å². The number of esters is 1. The van der Waals surface area contributed by atoms with Crippen molar-refractivity contribution in [3.8, 4) is 0 Å². The summed E-state index contributed by atoms with van der Waals surface area (Å²) in [6.45, 7) is 3.28. The number of carbonyl (C=O) groups excluding carboxylic acids is 1. The number of hydrogen-bond acceptors (Lipinski definition) is 4. The molecule has 2 atom stereocenters. The molecule has 2 fully saturated rings. The standard InChI is InChI=1S/C15H26O4/c1-11-9-13(7-8-18-11)15(16)19-10-12-3-5-14(17-2)6-4-12/h11-14H,3-10H2,1-2H3. The van der Waals surface area contributed by atoms with Crippen molar-refractivity contribution in [1.82, 2.24) is 0 Å². The van der Waals surface area contributed by atoms with Gasteiger partial charge in [-0.05, 0) is 51.4 Å². The molecule has 0 bridgehead atoms. The van der Waals surface area contributed by atoms with Crippen LogP contribution in [0.1, 0.15) is 45.4 Å². The number of ether oxygens (including phenoxy) is 3. The lowest BCUT2D eigenvalue weighted by molar-refractivity contribution is -0.155. The Hall–Kier alpha value is -0.610. The highest BCUT2D eigenvalue weighted by Gasteiger charge is 2.28. The van der Waals surface area contributed by atoms with Crippen LogP contribution in [0.2, 0.25) is 0 Å². The average molecular weight is 270 g/mol. The first-order chi connectivity index (χ1) is 9.19. The number of rotatable bonds is 4. The molecule has 1 aliphatic heterocycles. The van der Waals surface area contributed by atoms with Crippen LogP contribution in [0.3, 0.4) is 0 Å². The summed E-state index contributed by atoms with van der Waals surface area (Å²) in [5, 5.41) is 0. The van der Waals surface area contributed by atoms with Crippen molar-refractivity contribution in [3.05, 3.63) is 0 Å². The largest absolute Gasteiger partial charge is 0.465 e. The van der Waals surface area contributed by atoms with E-state index < -0.39 is 0 Å². The van der Waals surface area contributed by atoms with Gasteiger partial charge in [0.25, 0.3) is 0 Å². The lowest BCUT2D eigenvalue weighted by Crippen LogP contribution is -2.31. The van der Waals surface area contributed by atoms with E-state index in [4.69, 9.17) is 14.2 Å². The molecule has 2 rings (SSSR count). The van der Waals surface area contributed by atoms with Gasteiger partial charge in [-0.2, -0.15) is 0 Å². The normalized spacial score (nSPS) is 35.9. The monoisotopic (exact) mass is 270 g/mol. The van der Waals surface area contributed by atoms with Crippen LogP contribution in [0.4, 0.5) is 0 Å². The van der Waals surface area contributed by atoms with Crippen molar-refractivity contribution in [1.29, 1.82) is 0 Å². The van der Waals surface area contributed by atoms with Gasteiger partial charge >= 0.3 is 5.97 Å². The lowest BCUT2D eigenvalue weighted by Gasteiger charge is -2.29. The molecule has 2 aliphatic rings. The zero-order chi connectivity index (χ0) is 13.7. The quantitative estimate of drug-likeness (QED) is 0.736. The van der Waals surface area contributed by atoms with E-state index in [0.29, 0.717) is 25.2 Å². The smallest absolute Gasteiger partial charge is 0.309 e. The Labute approximate surface area is 115 Å². The van der Waals surface area contributed by atoms with Gasteiger partial charge < -0.3 is 14.2 Å². The van der Waals surface area contributed by atoms with Crippen LogP contribution in [-0.2, 0) is 19.0 Å². The topological polar surface area (TPSA) is 44.8 Å². The van der Waals surface area contributed by atoms with Crippen LogP contribution in [0.5, 0.6) is 0 Å². The van der Waals surface area contributed by atoms with E-state index in [0.717, 1.165) is 38.5 Å². The molecule has 4 nitrogen and oxygen atoms in total. The highest BCUT2D eigenvalue weighted by molar-refractivity contribution is 5.72. The van der Waals surface area contributed by atoms with E-state index in [1.54, 1.807) is 7.11 Å². The van der Waals surface area contributed by atoms with Crippen LogP contribution >= 0.6 is 0 Å². The van der Waals surface area contributed by atoms with Gasteiger partial charge in [0.15, 0.2) is 0 Å². The summed E-state index contributed by atoms with van der Waals surface area (Å²) in [6.07, 6.45) is 6.59. The predicted molar refractivity (Wildman–Crippen MR) is 71.9 cm³/mol. The highest BCUT2D eigenvalue weighted by Crippen LogP contribution is 2.27. The summed E-state index contributed by atoms with van der Waals surface area (Å²) in [6, 6.07) is 0. The van der Waals surface area contributed by atoms with E-state index in [2.05, 4.69) is 0 Å². The number of methoxy groups -OCH3 is 1. The van der Waals surface area contributed by atoms with E-state index >= 15 is 0 Å². The highest BCUT2D eigenvalue weighted by atomic mass is 16.5. The SMILES string of the molecule is COC1CCC(COC(=O)C2CCOC(C)C2)CC1. The molecule has 0 amide bonds. The fourth-order valence-corrected chi connectivity index (χ4v) is 3.06. The Morgan fingerprint density at radius 1 is 1.21 bits per heavy atom. The maximum absolute atomic E-state index is 12.0. The fourth-order valence-electron chi connectivity index (χ4n) is 3.06. The van der Waals surface area contributed by atoms with E-state index in [9.17, 15) is 4.79 Å². The lowest BCUT2D eigenvalue weighted by atomic mass is 9.88. The molecule has 1 heterocycles. The maximum atomic E-state index is 12.0. The molecule has 0 aromatic carbocycles. The first kappa shape index (κ1) is 14.8. The maximum Gasteiger partial charge on any atom is 0.309 e. The van der Waals surface area contributed by atoms with Gasteiger partial charge in [-0.1, -0.05) is 0 Å². The third-order valence-corrected chi connectivity index (χ3v) is 4.41. The molecule has 19 heavy (non-hydrogen) atoms. The van der Waals surface area contributed by atoms with Crippen molar-refractivity contribution in [2.45, 2.75) is 57.7 Å². The third kappa shape index (κ3) is 4.46. The van der Waals surface area contributed by atoms with E-state index in [1.807, 2.05) is 6.92 Å². The van der Waals surface area contributed by atoms with Gasteiger partial charge in [-0.3, -0.25) is 4.79 Å². The molecule has 0 radical (unpaired) electrons. The average Bonchev–Trinajstić information content (AvgIpc) is 2.45. The third-order valence-electron chi connectivity index (χ3n) is 4.41.